The van der Waals surface area contributed by atoms with Gasteiger partial charge in [0, 0.05) is 11.2 Å². The van der Waals surface area contributed by atoms with Crippen molar-refractivity contribution in [3.05, 3.63) is 29.8 Å². The quantitative estimate of drug-likeness (QED) is 0.752. The average Bonchev–Trinajstić information content (AvgIpc) is 2.70. The summed E-state index contributed by atoms with van der Waals surface area (Å²) in [6, 6.07) is 6.61. The van der Waals surface area contributed by atoms with Gasteiger partial charge in [0.1, 0.15) is 6.04 Å². The van der Waals surface area contributed by atoms with Crippen molar-refractivity contribution in [3.8, 4) is 0 Å². The highest BCUT2D eigenvalue weighted by Gasteiger charge is 2.44. The Hall–Kier alpha value is -2.41. The number of rotatable bonds is 5. The number of hydrogen-bond donors (Lipinski definition) is 2. The van der Waals surface area contributed by atoms with Crippen molar-refractivity contribution < 1.29 is 19.3 Å². The second kappa shape index (κ2) is 7.45. The first kappa shape index (κ1) is 19.9. The van der Waals surface area contributed by atoms with Crippen molar-refractivity contribution in [1.29, 1.82) is 0 Å². The second-order valence-corrected chi connectivity index (χ2v) is 8.02. The van der Waals surface area contributed by atoms with E-state index in [1.165, 1.54) is 9.80 Å². The molecular weight excluding hydrogens is 332 g/mol. The number of quaternary nitrogens is 1. The maximum atomic E-state index is 12.8. The summed E-state index contributed by atoms with van der Waals surface area (Å²) in [6.45, 7) is 9.77. The van der Waals surface area contributed by atoms with Crippen LogP contribution in [0.3, 0.4) is 0 Å². The molecule has 0 aromatic heterocycles. The largest absolute Gasteiger partial charge is 0.347 e. The normalized spacial score (nSPS) is 19.1. The van der Waals surface area contributed by atoms with Gasteiger partial charge in [0.2, 0.25) is 0 Å². The van der Waals surface area contributed by atoms with Gasteiger partial charge in [-0.3, -0.25) is 14.5 Å². The minimum absolute atomic E-state index is 0.113. The molecule has 1 aromatic rings. The molecule has 1 aliphatic heterocycles. The lowest BCUT2D eigenvalue weighted by molar-refractivity contribution is -0.879. The van der Waals surface area contributed by atoms with E-state index in [0.717, 1.165) is 10.5 Å². The monoisotopic (exact) mass is 361 g/mol. The summed E-state index contributed by atoms with van der Waals surface area (Å²) in [4.78, 5) is 40.9. The van der Waals surface area contributed by atoms with Crippen LogP contribution in [0.2, 0.25) is 0 Å². The van der Waals surface area contributed by atoms with E-state index >= 15 is 0 Å². The van der Waals surface area contributed by atoms with Crippen molar-refractivity contribution in [2.24, 2.45) is 0 Å². The molecule has 1 aromatic carbocycles. The molecular formula is C19H29N4O3+. The van der Waals surface area contributed by atoms with Gasteiger partial charge < -0.3 is 10.2 Å². The highest BCUT2D eigenvalue weighted by Crippen LogP contribution is 2.25. The molecule has 7 nitrogen and oxygen atoms in total. The van der Waals surface area contributed by atoms with E-state index in [2.05, 4.69) is 5.32 Å². The molecule has 2 rings (SSSR count). The molecule has 0 radical (unpaired) electrons. The molecule has 0 bridgehead atoms. The zero-order valence-corrected chi connectivity index (χ0v) is 16.4. The Kier molecular flexibility index (Phi) is 5.71. The Morgan fingerprint density at radius 1 is 1.19 bits per heavy atom. The lowest BCUT2D eigenvalue weighted by atomic mass is 10.1. The van der Waals surface area contributed by atoms with E-state index in [-0.39, 0.29) is 36.6 Å². The molecule has 0 saturated carbocycles. The number of imide groups is 1. The van der Waals surface area contributed by atoms with Gasteiger partial charge >= 0.3 is 6.03 Å². The predicted octanol–water partition coefficient (Wildman–Crippen LogP) is 0.539. The van der Waals surface area contributed by atoms with Crippen LogP contribution in [-0.4, -0.2) is 54.6 Å². The molecule has 1 aliphatic rings. The maximum absolute atomic E-state index is 12.8. The minimum Gasteiger partial charge on any atom is -0.347 e. The second-order valence-electron chi connectivity index (χ2n) is 8.02. The molecule has 1 saturated heterocycles. The van der Waals surface area contributed by atoms with E-state index in [4.69, 9.17) is 0 Å². The van der Waals surface area contributed by atoms with Gasteiger partial charge in [0.15, 0.2) is 13.2 Å². The van der Waals surface area contributed by atoms with Gasteiger partial charge in [-0.05, 0) is 46.8 Å². The molecule has 142 valence electrons. The van der Waals surface area contributed by atoms with Crippen LogP contribution in [-0.2, 0) is 9.59 Å². The Morgan fingerprint density at radius 2 is 1.77 bits per heavy atom. The number of likely N-dealkylation sites (N-methyl/N-ethyl adjacent to an activating group) is 1. The number of benzene rings is 1. The lowest BCUT2D eigenvalue weighted by Crippen LogP contribution is -3.12. The van der Waals surface area contributed by atoms with Crippen LogP contribution in [0.1, 0.15) is 33.3 Å². The molecule has 1 heterocycles. The van der Waals surface area contributed by atoms with E-state index in [0.29, 0.717) is 5.69 Å². The van der Waals surface area contributed by atoms with Crippen LogP contribution < -0.4 is 15.1 Å². The number of urea groups is 1. The molecule has 2 atom stereocenters. The number of carbonyl (C=O) groups is 3. The fourth-order valence-corrected chi connectivity index (χ4v) is 2.97. The standard InChI is InChI=1S/C19H28N4O3/c1-13-7-9-15(10-8-13)23-14(2)17(25)22(18(23)26)12-21(6)11-16(24)20-19(3,4)5/h7-10,14H,11-12H2,1-6H3,(H,20,24)/p+1/t14-/m1/s1. The summed E-state index contributed by atoms with van der Waals surface area (Å²) < 4.78 is 0. The summed E-state index contributed by atoms with van der Waals surface area (Å²) >= 11 is 0. The lowest BCUT2D eigenvalue weighted by Gasteiger charge is -2.24. The van der Waals surface area contributed by atoms with Crippen molar-refractivity contribution in [1.82, 2.24) is 10.2 Å². The first-order chi connectivity index (χ1) is 12.0. The van der Waals surface area contributed by atoms with Gasteiger partial charge in [-0.25, -0.2) is 9.69 Å². The fourth-order valence-electron chi connectivity index (χ4n) is 2.97. The predicted molar refractivity (Wildman–Crippen MR) is 99.9 cm³/mol. The Morgan fingerprint density at radius 3 is 2.31 bits per heavy atom. The Labute approximate surface area is 154 Å². The van der Waals surface area contributed by atoms with E-state index in [1.807, 2.05) is 52.0 Å². The number of nitrogens with zero attached hydrogens (tertiary/aromatic N) is 2. The third-order valence-electron chi connectivity index (χ3n) is 4.16. The van der Waals surface area contributed by atoms with Gasteiger partial charge in [-0.1, -0.05) is 17.7 Å². The molecule has 7 heteroatoms. The summed E-state index contributed by atoms with van der Waals surface area (Å²) in [5.41, 5.74) is 1.48. The van der Waals surface area contributed by atoms with Gasteiger partial charge in [-0.2, -0.15) is 0 Å². The van der Waals surface area contributed by atoms with Crippen molar-refractivity contribution in [3.63, 3.8) is 0 Å². The first-order valence-electron chi connectivity index (χ1n) is 8.83. The number of anilines is 1. The zero-order chi connectivity index (χ0) is 19.6. The van der Waals surface area contributed by atoms with E-state index < -0.39 is 6.04 Å². The number of amides is 4. The molecule has 1 unspecified atom stereocenters. The third-order valence-corrected chi connectivity index (χ3v) is 4.16. The summed E-state index contributed by atoms with van der Waals surface area (Å²) in [7, 11) is 1.79. The van der Waals surface area contributed by atoms with Gasteiger partial charge in [0.25, 0.3) is 11.8 Å². The van der Waals surface area contributed by atoms with Crippen LogP contribution in [0.25, 0.3) is 0 Å². The topological polar surface area (TPSA) is 74.2 Å². The summed E-state index contributed by atoms with van der Waals surface area (Å²) in [6.07, 6.45) is 0. The van der Waals surface area contributed by atoms with Gasteiger partial charge in [0.05, 0.1) is 7.05 Å². The fraction of sp³-hybridized carbons (Fsp3) is 0.526. The number of carbonyl (C=O) groups excluding carboxylic acids is 3. The first-order valence-corrected chi connectivity index (χ1v) is 8.83. The van der Waals surface area contributed by atoms with Crippen molar-refractivity contribution >= 4 is 23.5 Å². The number of nitrogens with one attached hydrogen (secondary N) is 2. The van der Waals surface area contributed by atoms with Crippen molar-refractivity contribution in [2.45, 2.75) is 46.2 Å². The number of aryl methyl sites for hydroxylation is 1. The van der Waals surface area contributed by atoms with Gasteiger partial charge in [-0.15, -0.1) is 0 Å². The van der Waals surface area contributed by atoms with Crippen LogP contribution >= 0.6 is 0 Å². The van der Waals surface area contributed by atoms with Crippen LogP contribution in [0.15, 0.2) is 24.3 Å². The average molecular weight is 361 g/mol. The third kappa shape index (κ3) is 4.60. The summed E-state index contributed by atoms with van der Waals surface area (Å²) in [5, 5.41) is 2.89. The van der Waals surface area contributed by atoms with E-state index in [1.54, 1.807) is 14.0 Å². The molecule has 2 N–H and O–H groups in total. The Bertz CT molecular complexity index is 694. The molecule has 1 fully saturated rings. The zero-order valence-electron chi connectivity index (χ0n) is 16.4. The molecule has 26 heavy (non-hydrogen) atoms. The Balaban J connectivity index is 2.06. The molecule has 4 amide bonds. The summed E-state index contributed by atoms with van der Waals surface area (Å²) in [5.74, 6) is -0.358. The highest BCUT2D eigenvalue weighted by molar-refractivity contribution is 6.13. The SMILES string of the molecule is Cc1ccc(N2C(=O)N(C[NH+](C)CC(=O)NC(C)(C)C)C(=O)[C@H]2C)cc1. The maximum Gasteiger partial charge on any atom is 0.336 e. The van der Waals surface area contributed by atoms with Crippen LogP contribution in [0.5, 0.6) is 0 Å². The molecule has 0 aliphatic carbocycles. The van der Waals surface area contributed by atoms with Crippen LogP contribution in [0, 0.1) is 6.92 Å². The van der Waals surface area contributed by atoms with Crippen molar-refractivity contribution in [2.75, 3.05) is 25.2 Å². The minimum atomic E-state index is -0.554. The van der Waals surface area contributed by atoms with E-state index in [9.17, 15) is 14.4 Å². The number of hydrogen-bond acceptors (Lipinski definition) is 3. The molecule has 0 spiro atoms. The smallest absolute Gasteiger partial charge is 0.336 e. The van der Waals surface area contributed by atoms with Crippen LogP contribution in [0.4, 0.5) is 10.5 Å². The highest BCUT2D eigenvalue weighted by atomic mass is 16.2.